The Labute approximate surface area is 134 Å². The number of hydrogen-bond donors (Lipinski definition) is 2. The third-order valence-corrected chi connectivity index (χ3v) is 4.19. The Balaban J connectivity index is 1.59. The van der Waals surface area contributed by atoms with Gasteiger partial charge in [-0.25, -0.2) is 0 Å². The van der Waals surface area contributed by atoms with E-state index in [0.717, 1.165) is 34.2 Å². The molecule has 0 bridgehead atoms. The zero-order chi connectivity index (χ0) is 15.6. The molecule has 0 aliphatic rings. The molecule has 0 radical (unpaired) electrons. The molecule has 4 rings (SSSR count). The second-order valence-corrected chi connectivity index (χ2v) is 5.69. The number of quaternary nitrogens is 1. The summed E-state index contributed by atoms with van der Waals surface area (Å²) in [5.41, 5.74) is 5.49. The molecular weight excluding hydrogens is 284 g/mol. The monoisotopic (exact) mass is 303 g/mol. The average molecular weight is 303 g/mol. The van der Waals surface area contributed by atoms with Gasteiger partial charge in [0, 0.05) is 23.0 Å². The Bertz CT molecular complexity index is 954. The first-order valence-electron chi connectivity index (χ1n) is 7.87. The molecule has 0 unspecified atom stereocenters. The molecule has 0 atom stereocenters. The van der Waals surface area contributed by atoms with E-state index in [2.05, 4.69) is 60.1 Å². The highest BCUT2D eigenvalue weighted by atomic mass is 16.3. The van der Waals surface area contributed by atoms with Crippen molar-refractivity contribution in [1.82, 2.24) is 0 Å². The fraction of sp³-hybridized carbons (Fsp3) is 0.100. The number of furan rings is 1. The third-order valence-electron chi connectivity index (χ3n) is 4.19. The van der Waals surface area contributed by atoms with Gasteiger partial charge in [-0.2, -0.15) is 0 Å². The lowest BCUT2D eigenvalue weighted by Crippen LogP contribution is -2.72. The minimum absolute atomic E-state index is 0.811. The van der Waals surface area contributed by atoms with Crippen LogP contribution in [0, 0.1) is 0 Å². The zero-order valence-electron chi connectivity index (χ0n) is 13.0. The quantitative estimate of drug-likeness (QED) is 0.559. The molecule has 3 nitrogen and oxygen atoms in total. The van der Waals surface area contributed by atoms with Gasteiger partial charge < -0.3 is 15.1 Å². The molecule has 4 aromatic rings. The summed E-state index contributed by atoms with van der Waals surface area (Å²) in [6, 6.07) is 23.0. The van der Waals surface area contributed by atoms with Gasteiger partial charge >= 0.3 is 0 Å². The third kappa shape index (κ3) is 2.67. The molecule has 1 heterocycles. The maximum atomic E-state index is 5.86. The summed E-state index contributed by atoms with van der Waals surface area (Å²) in [6.45, 7) is 0.811. The van der Waals surface area contributed by atoms with Crippen LogP contribution in [0.5, 0.6) is 0 Å². The SMILES string of the molecule is C[NH2+]c1ccc(CNc2ccc3oc4ccccc4c3c2)cc1. The van der Waals surface area contributed by atoms with Gasteiger partial charge in [0.2, 0.25) is 0 Å². The van der Waals surface area contributed by atoms with Crippen molar-refractivity contribution in [3.8, 4) is 0 Å². The molecule has 0 spiro atoms. The van der Waals surface area contributed by atoms with Crippen molar-refractivity contribution < 1.29 is 9.73 Å². The highest BCUT2D eigenvalue weighted by molar-refractivity contribution is 6.05. The minimum Gasteiger partial charge on any atom is -0.456 e. The summed E-state index contributed by atoms with van der Waals surface area (Å²) in [6.07, 6.45) is 0. The van der Waals surface area contributed by atoms with Crippen molar-refractivity contribution in [2.45, 2.75) is 6.54 Å². The highest BCUT2D eigenvalue weighted by Crippen LogP contribution is 2.30. The minimum atomic E-state index is 0.811. The van der Waals surface area contributed by atoms with Gasteiger partial charge in [0.25, 0.3) is 0 Å². The highest BCUT2D eigenvalue weighted by Gasteiger charge is 2.06. The molecular formula is C20H19N2O+. The van der Waals surface area contributed by atoms with Crippen LogP contribution in [-0.4, -0.2) is 7.05 Å². The van der Waals surface area contributed by atoms with Gasteiger partial charge in [0.05, 0.1) is 7.05 Å². The van der Waals surface area contributed by atoms with Gasteiger partial charge in [0.1, 0.15) is 16.9 Å². The summed E-state index contributed by atoms with van der Waals surface area (Å²) >= 11 is 0. The largest absolute Gasteiger partial charge is 0.456 e. The van der Waals surface area contributed by atoms with Crippen LogP contribution in [-0.2, 0) is 6.54 Å². The van der Waals surface area contributed by atoms with E-state index in [1.807, 2.05) is 24.3 Å². The Hall–Kier alpha value is -2.78. The average Bonchev–Trinajstić information content (AvgIpc) is 2.98. The molecule has 0 saturated heterocycles. The van der Waals surface area contributed by atoms with Gasteiger partial charge in [-0.15, -0.1) is 0 Å². The Kier molecular flexibility index (Phi) is 3.48. The number of hydrogen-bond acceptors (Lipinski definition) is 2. The van der Waals surface area contributed by atoms with Crippen molar-refractivity contribution in [3.05, 3.63) is 72.3 Å². The molecule has 3 aromatic carbocycles. The van der Waals surface area contributed by atoms with E-state index in [9.17, 15) is 0 Å². The molecule has 114 valence electrons. The van der Waals surface area contributed by atoms with Gasteiger partial charge in [-0.05, 0) is 42.0 Å². The van der Waals surface area contributed by atoms with Crippen LogP contribution in [0.1, 0.15) is 5.56 Å². The van der Waals surface area contributed by atoms with Crippen LogP contribution in [0.4, 0.5) is 11.4 Å². The lowest BCUT2D eigenvalue weighted by molar-refractivity contribution is -0.539. The van der Waals surface area contributed by atoms with Crippen molar-refractivity contribution in [1.29, 1.82) is 0 Å². The predicted octanol–water partition coefficient (Wildman–Crippen LogP) is 4.02. The van der Waals surface area contributed by atoms with E-state index in [1.165, 1.54) is 11.3 Å². The summed E-state index contributed by atoms with van der Waals surface area (Å²) in [7, 11) is 2.05. The van der Waals surface area contributed by atoms with Crippen LogP contribution in [0.2, 0.25) is 0 Å². The molecule has 3 heteroatoms. The van der Waals surface area contributed by atoms with Crippen molar-refractivity contribution in [2.75, 3.05) is 12.4 Å². The number of fused-ring (bicyclic) bond motifs is 3. The molecule has 1 aromatic heterocycles. The van der Waals surface area contributed by atoms with E-state index < -0.39 is 0 Å². The molecule has 0 aliphatic heterocycles. The van der Waals surface area contributed by atoms with E-state index in [-0.39, 0.29) is 0 Å². The molecule has 0 amide bonds. The van der Waals surface area contributed by atoms with Gasteiger partial charge in [-0.1, -0.05) is 30.3 Å². The van der Waals surface area contributed by atoms with Crippen LogP contribution >= 0.6 is 0 Å². The van der Waals surface area contributed by atoms with E-state index >= 15 is 0 Å². The molecule has 0 aliphatic carbocycles. The van der Waals surface area contributed by atoms with Crippen LogP contribution in [0.25, 0.3) is 21.9 Å². The van der Waals surface area contributed by atoms with E-state index in [4.69, 9.17) is 4.42 Å². The number of para-hydroxylation sites is 1. The second kappa shape index (κ2) is 5.78. The topological polar surface area (TPSA) is 41.8 Å². The van der Waals surface area contributed by atoms with Crippen molar-refractivity contribution in [3.63, 3.8) is 0 Å². The maximum absolute atomic E-state index is 5.86. The second-order valence-electron chi connectivity index (χ2n) is 5.69. The fourth-order valence-electron chi connectivity index (χ4n) is 2.87. The first-order chi connectivity index (χ1) is 11.3. The fourth-order valence-corrected chi connectivity index (χ4v) is 2.87. The summed E-state index contributed by atoms with van der Waals surface area (Å²) in [5.74, 6) is 0. The van der Waals surface area contributed by atoms with E-state index in [1.54, 1.807) is 0 Å². The molecule has 0 saturated carbocycles. The number of anilines is 1. The number of benzene rings is 3. The Morgan fingerprint density at radius 3 is 2.48 bits per heavy atom. The lowest BCUT2D eigenvalue weighted by Gasteiger charge is -2.07. The Morgan fingerprint density at radius 1 is 0.870 bits per heavy atom. The van der Waals surface area contributed by atoms with Crippen LogP contribution in [0.3, 0.4) is 0 Å². The van der Waals surface area contributed by atoms with Crippen LogP contribution < -0.4 is 10.6 Å². The molecule has 0 fully saturated rings. The number of rotatable bonds is 4. The van der Waals surface area contributed by atoms with Gasteiger partial charge in [0.15, 0.2) is 0 Å². The Morgan fingerprint density at radius 2 is 1.65 bits per heavy atom. The maximum Gasteiger partial charge on any atom is 0.135 e. The number of nitrogens with two attached hydrogens (primary N) is 1. The first kappa shape index (κ1) is 13.9. The number of nitrogens with one attached hydrogen (secondary N) is 1. The predicted molar refractivity (Wildman–Crippen MR) is 95.0 cm³/mol. The van der Waals surface area contributed by atoms with Crippen molar-refractivity contribution in [2.24, 2.45) is 0 Å². The summed E-state index contributed by atoms with van der Waals surface area (Å²) in [4.78, 5) is 0. The normalized spacial score (nSPS) is 11.2. The zero-order valence-corrected chi connectivity index (χ0v) is 13.0. The molecule has 3 N–H and O–H groups in total. The first-order valence-corrected chi connectivity index (χ1v) is 7.87. The lowest BCUT2D eigenvalue weighted by atomic mass is 10.1. The van der Waals surface area contributed by atoms with E-state index in [0.29, 0.717) is 0 Å². The summed E-state index contributed by atoms with van der Waals surface area (Å²) < 4.78 is 5.86. The van der Waals surface area contributed by atoms with Crippen molar-refractivity contribution >= 4 is 33.3 Å². The standard InChI is InChI=1S/C20H18N2O/c1-21-15-8-6-14(7-9-15)13-22-16-10-11-20-18(12-16)17-4-2-3-5-19(17)23-20/h2-12,21-22H,13H2,1H3/p+1. The molecule has 23 heavy (non-hydrogen) atoms. The smallest absolute Gasteiger partial charge is 0.135 e. The van der Waals surface area contributed by atoms with Gasteiger partial charge in [-0.3, -0.25) is 0 Å². The summed E-state index contributed by atoms with van der Waals surface area (Å²) in [5, 5.41) is 7.91. The van der Waals surface area contributed by atoms with Crippen LogP contribution in [0.15, 0.2) is 71.1 Å².